The zero-order valence-corrected chi connectivity index (χ0v) is 17.9. The van der Waals surface area contributed by atoms with Crippen LogP contribution in [0.2, 0.25) is 0 Å². The van der Waals surface area contributed by atoms with Crippen LogP contribution in [-0.2, 0) is 10.4 Å². The summed E-state index contributed by atoms with van der Waals surface area (Å²) in [6.07, 6.45) is 0. The van der Waals surface area contributed by atoms with Gasteiger partial charge in [-0.05, 0) is 32.6 Å². The molecule has 13 heteroatoms. The number of diazo groups is 2. The molecule has 0 spiro atoms. The van der Waals surface area contributed by atoms with Gasteiger partial charge in [0.05, 0.1) is 21.5 Å². The Labute approximate surface area is 185 Å². The fraction of sp³-hybridized carbons (Fsp3) is 0. The molecule has 0 atom stereocenters. The van der Waals surface area contributed by atoms with Crippen molar-refractivity contribution in [2.75, 3.05) is 0 Å². The number of nitrogens with zero attached hydrogens (tertiary/aromatic N) is 6. The third-order valence-corrected chi connectivity index (χ3v) is 4.74. The molecule has 0 bridgehead atoms. The van der Waals surface area contributed by atoms with Crippen LogP contribution in [0.5, 0.6) is 0 Å². The molecule has 2 heterocycles. The molecule has 0 saturated carbocycles. The van der Waals surface area contributed by atoms with E-state index in [4.69, 9.17) is 28.3 Å². The lowest BCUT2D eigenvalue weighted by molar-refractivity contribution is 0.352. The maximum atomic E-state index is 8.52. The second-order valence-corrected chi connectivity index (χ2v) is 7.86. The van der Waals surface area contributed by atoms with Crippen LogP contribution in [0.25, 0.3) is 32.5 Å². The number of aromatic nitrogens is 2. The standard InChI is InChI=1S/2C9H6N3S.H2O4S/c2*10-12-9-11-8(6-13-9)7-4-2-1-3-5-7;1-5(2,3)4/h2*1-6H;(H2,1,2,3,4)/q2*+1;/p-2. The van der Waals surface area contributed by atoms with Gasteiger partial charge in [-0.3, -0.25) is 8.42 Å². The van der Waals surface area contributed by atoms with Gasteiger partial charge in [-0.25, -0.2) is 0 Å². The van der Waals surface area contributed by atoms with E-state index in [9.17, 15) is 0 Å². The number of hydrogen-bond donors (Lipinski definition) is 0. The Morgan fingerprint density at radius 2 is 1.03 bits per heavy atom. The maximum absolute atomic E-state index is 8.52. The van der Waals surface area contributed by atoms with Crippen LogP contribution in [0.3, 0.4) is 0 Å². The number of rotatable bonds is 2. The minimum atomic E-state index is -5.17. The first-order valence-electron chi connectivity index (χ1n) is 8.19. The Kier molecular flexibility index (Phi) is 8.83. The van der Waals surface area contributed by atoms with E-state index in [0.29, 0.717) is 10.3 Å². The molecule has 4 aromatic rings. The minimum absolute atomic E-state index is 0.388. The van der Waals surface area contributed by atoms with Crippen molar-refractivity contribution in [2.24, 2.45) is 0 Å². The van der Waals surface area contributed by atoms with Crippen molar-refractivity contribution >= 4 is 43.3 Å². The van der Waals surface area contributed by atoms with Crippen LogP contribution >= 0.6 is 22.7 Å². The van der Waals surface area contributed by atoms with Crippen molar-refractivity contribution < 1.29 is 17.5 Å². The van der Waals surface area contributed by atoms with Gasteiger partial charge in [0, 0.05) is 31.5 Å². The average Bonchev–Trinajstić information content (AvgIpc) is 3.44. The quantitative estimate of drug-likeness (QED) is 0.217. The molecule has 0 aliphatic heterocycles. The Morgan fingerprint density at radius 3 is 1.29 bits per heavy atom. The summed E-state index contributed by atoms with van der Waals surface area (Å²) in [7, 11) is -5.17. The minimum Gasteiger partial charge on any atom is -0.759 e. The van der Waals surface area contributed by atoms with Crippen LogP contribution < -0.4 is 0 Å². The predicted octanol–water partition coefficient (Wildman–Crippen LogP) is 5.25. The van der Waals surface area contributed by atoms with Crippen molar-refractivity contribution in [3.63, 3.8) is 0 Å². The summed E-state index contributed by atoms with van der Waals surface area (Å²) in [6.45, 7) is 0. The summed E-state index contributed by atoms with van der Waals surface area (Å²) >= 11 is 2.63. The molecule has 0 saturated heterocycles. The molecule has 0 aliphatic carbocycles. The highest BCUT2D eigenvalue weighted by molar-refractivity contribution is 7.79. The lowest BCUT2D eigenvalue weighted by Gasteiger charge is -2.06. The van der Waals surface area contributed by atoms with E-state index in [-0.39, 0.29) is 0 Å². The SMILES string of the molecule is N#[N+]c1nc(-c2ccccc2)cs1.N#[N+]c1nc(-c2ccccc2)cs1.O=S(=O)([O-])[O-]. The zero-order chi connectivity index (χ0) is 22.7. The lowest BCUT2D eigenvalue weighted by atomic mass is 10.2. The first-order valence-corrected chi connectivity index (χ1v) is 11.3. The van der Waals surface area contributed by atoms with Gasteiger partial charge >= 0.3 is 10.3 Å². The highest BCUT2D eigenvalue weighted by Gasteiger charge is 2.15. The topological polar surface area (TPSA) is 162 Å². The predicted molar refractivity (Wildman–Crippen MR) is 115 cm³/mol. The van der Waals surface area contributed by atoms with Crippen LogP contribution in [0.15, 0.2) is 71.4 Å². The Balaban J connectivity index is 0.000000182. The van der Waals surface area contributed by atoms with Gasteiger partial charge in [0.2, 0.25) is 0 Å². The van der Waals surface area contributed by atoms with Gasteiger partial charge in [0.25, 0.3) is 0 Å². The molecule has 0 fully saturated rings. The summed E-state index contributed by atoms with van der Waals surface area (Å²) in [4.78, 5) is 14.2. The smallest absolute Gasteiger partial charge is 0.523 e. The Morgan fingerprint density at radius 1 is 0.710 bits per heavy atom. The summed E-state index contributed by atoms with van der Waals surface area (Å²) in [5.41, 5.74) is 3.76. The van der Waals surface area contributed by atoms with Crippen LogP contribution in [0.4, 0.5) is 10.3 Å². The fourth-order valence-corrected chi connectivity index (χ4v) is 3.31. The molecule has 2 aromatic heterocycles. The van der Waals surface area contributed by atoms with Gasteiger partial charge in [0.15, 0.2) is 11.4 Å². The third kappa shape index (κ3) is 8.75. The first kappa shape index (κ1) is 23.7. The second-order valence-electron chi connectivity index (χ2n) is 5.37. The second kappa shape index (κ2) is 11.6. The Bertz CT molecular complexity index is 1200. The average molecular weight is 473 g/mol. The molecule has 0 amide bonds. The van der Waals surface area contributed by atoms with E-state index < -0.39 is 10.4 Å². The molecular weight excluding hydrogens is 460 g/mol. The molecule has 156 valence electrons. The van der Waals surface area contributed by atoms with Gasteiger partial charge in [-0.15, -0.1) is 0 Å². The van der Waals surface area contributed by atoms with E-state index in [1.54, 1.807) is 0 Å². The van der Waals surface area contributed by atoms with Crippen molar-refractivity contribution in [2.45, 2.75) is 0 Å². The number of thiazole rings is 2. The van der Waals surface area contributed by atoms with E-state index in [1.165, 1.54) is 22.7 Å². The zero-order valence-electron chi connectivity index (χ0n) is 15.5. The molecule has 0 N–H and O–H groups in total. The monoisotopic (exact) mass is 472 g/mol. The molecule has 10 nitrogen and oxygen atoms in total. The molecule has 4 rings (SSSR count). The van der Waals surface area contributed by atoms with Crippen molar-refractivity contribution in [3.8, 4) is 22.5 Å². The summed E-state index contributed by atoms with van der Waals surface area (Å²) in [5, 5.41) is 21.4. The third-order valence-electron chi connectivity index (χ3n) is 3.29. The van der Waals surface area contributed by atoms with Crippen molar-refractivity contribution in [1.29, 1.82) is 10.8 Å². The van der Waals surface area contributed by atoms with Crippen LogP contribution in [0, 0.1) is 10.8 Å². The van der Waals surface area contributed by atoms with Crippen molar-refractivity contribution in [3.05, 3.63) is 81.4 Å². The summed E-state index contributed by atoms with van der Waals surface area (Å²) in [5.74, 6) is 0. The van der Waals surface area contributed by atoms with Crippen molar-refractivity contribution in [1.82, 2.24) is 9.97 Å². The number of benzene rings is 2. The maximum Gasteiger partial charge on any atom is 0.523 e. The van der Waals surface area contributed by atoms with Gasteiger partial charge in [0.1, 0.15) is 0 Å². The molecule has 0 unspecified atom stereocenters. The highest BCUT2D eigenvalue weighted by Crippen LogP contribution is 2.26. The van der Waals surface area contributed by atoms with Crippen LogP contribution in [0.1, 0.15) is 0 Å². The van der Waals surface area contributed by atoms with E-state index in [2.05, 4.69) is 19.9 Å². The van der Waals surface area contributed by atoms with E-state index in [1.807, 2.05) is 71.4 Å². The molecule has 0 aliphatic rings. The van der Waals surface area contributed by atoms with E-state index in [0.717, 1.165) is 22.5 Å². The molecule has 2 aromatic carbocycles. The summed E-state index contributed by atoms with van der Waals surface area (Å²) in [6, 6.07) is 19.6. The van der Waals surface area contributed by atoms with Gasteiger partial charge < -0.3 is 9.11 Å². The largest absolute Gasteiger partial charge is 0.759 e. The van der Waals surface area contributed by atoms with Gasteiger partial charge in [-0.2, -0.15) is 0 Å². The lowest BCUT2D eigenvalue weighted by Crippen LogP contribution is -1.91. The van der Waals surface area contributed by atoms with Gasteiger partial charge in [-0.1, -0.05) is 60.7 Å². The fourth-order valence-electron chi connectivity index (χ4n) is 2.10. The van der Waals surface area contributed by atoms with E-state index >= 15 is 0 Å². The molecule has 0 radical (unpaired) electrons. The highest BCUT2D eigenvalue weighted by atomic mass is 32.3. The first-order chi connectivity index (χ1) is 14.8. The molecular formula is C18H12N6O4S3. The Hall–Kier alpha value is -3.59. The molecule has 31 heavy (non-hydrogen) atoms. The summed E-state index contributed by atoms with van der Waals surface area (Å²) < 4.78 is 34.1. The normalized spacial score (nSPS) is 9.81. The number of hydrogen-bond acceptors (Lipinski definition) is 10. The van der Waals surface area contributed by atoms with Crippen LogP contribution in [-0.4, -0.2) is 27.5 Å².